The van der Waals surface area contributed by atoms with Crippen LogP contribution in [0.25, 0.3) is 0 Å². The Balaban J connectivity index is 1.64. The number of benzene rings is 2. The SMILES string of the molecule is O=C(N/N=C/c1cccs1)C(=O)Nc1ccccc1C(=O)Nc1ccc(Br)cc1. The zero-order chi connectivity index (χ0) is 20.6. The van der Waals surface area contributed by atoms with E-state index in [1.165, 1.54) is 23.6 Å². The molecule has 7 nitrogen and oxygen atoms in total. The molecular weight excluding hydrogens is 456 g/mol. The summed E-state index contributed by atoms with van der Waals surface area (Å²) in [7, 11) is 0. The number of hydrogen-bond donors (Lipinski definition) is 3. The molecule has 3 rings (SSSR count). The minimum atomic E-state index is -0.944. The minimum Gasteiger partial charge on any atom is -0.322 e. The summed E-state index contributed by atoms with van der Waals surface area (Å²) < 4.78 is 0.885. The quantitative estimate of drug-likeness (QED) is 0.300. The maximum absolute atomic E-state index is 12.6. The smallest absolute Gasteiger partial charge is 0.322 e. The third kappa shape index (κ3) is 5.84. The van der Waals surface area contributed by atoms with Gasteiger partial charge in [0.05, 0.1) is 17.5 Å². The first-order valence-corrected chi connectivity index (χ1v) is 10.0. The summed E-state index contributed by atoms with van der Waals surface area (Å²) in [4.78, 5) is 37.5. The summed E-state index contributed by atoms with van der Waals surface area (Å²) in [5, 5.41) is 10.8. The number of halogens is 1. The highest BCUT2D eigenvalue weighted by atomic mass is 79.9. The molecule has 9 heteroatoms. The number of hydrogen-bond acceptors (Lipinski definition) is 5. The van der Waals surface area contributed by atoms with Gasteiger partial charge in [0.25, 0.3) is 5.91 Å². The van der Waals surface area contributed by atoms with Gasteiger partial charge in [0.1, 0.15) is 0 Å². The van der Waals surface area contributed by atoms with Crippen molar-refractivity contribution in [2.75, 3.05) is 10.6 Å². The largest absolute Gasteiger partial charge is 0.329 e. The van der Waals surface area contributed by atoms with Crippen LogP contribution in [0.4, 0.5) is 11.4 Å². The van der Waals surface area contributed by atoms with Crippen LogP contribution >= 0.6 is 27.3 Å². The van der Waals surface area contributed by atoms with E-state index in [0.717, 1.165) is 9.35 Å². The summed E-state index contributed by atoms with van der Waals surface area (Å²) in [6.07, 6.45) is 1.44. The first kappa shape index (κ1) is 20.4. The Morgan fingerprint density at radius 3 is 2.38 bits per heavy atom. The van der Waals surface area contributed by atoms with Crippen LogP contribution in [0.1, 0.15) is 15.2 Å². The summed E-state index contributed by atoms with van der Waals surface area (Å²) in [6, 6.07) is 17.1. The van der Waals surface area contributed by atoms with Crippen LogP contribution in [0, 0.1) is 0 Å². The average molecular weight is 471 g/mol. The van der Waals surface area contributed by atoms with Gasteiger partial charge in [-0.15, -0.1) is 11.3 Å². The van der Waals surface area contributed by atoms with Crippen LogP contribution in [0.15, 0.2) is 75.6 Å². The van der Waals surface area contributed by atoms with Gasteiger partial charge in [-0.2, -0.15) is 5.10 Å². The van der Waals surface area contributed by atoms with E-state index in [-0.39, 0.29) is 11.3 Å². The first-order chi connectivity index (χ1) is 14.0. The second-order valence-corrected chi connectivity index (χ2v) is 7.57. The number of carbonyl (C=O) groups is 3. The number of nitrogens with one attached hydrogen (secondary N) is 3. The Hall–Kier alpha value is -3.30. The van der Waals surface area contributed by atoms with Crippen molar-refractivity contribution in [1.82, 2.24) is 5.43 Å². The van der Waals surface area contributed by atoms with Crippen LogP contribution in [0.2, 0.25) is 0 Å². The number of para-hydroxylation sites is 1. The van der Waals surface area contributed by atoms with Gasteiger partial charge < -0.3 is 10.6 Å². The van der Waals surface area contributed by atoms with Gasteiger partial charge in [-0.25, -0.2) is 5.43 Å². The van der Waals surface area contributed by atoms with Crippen LogP contribution in [0.5, 0.6) is 0 Å². The van der Waals surface area contributed by atoms with Crippen molar-refractivity contribution in [2.45, 2.75) is 0 Å². The number of hydrazone groups is 1. The third-order valence-corrected chi connectivity index (χ3v) is 4.96. The molecule has 1 heterocycles. The van der Waals surface area contributed by atoms with Crippen LogP contribution < -0.4 is 16.1 Å². The Morgan fingerprint density at radius 2 is 1.66 bits per heavy atom. The molecular formula is C20H15BrN4O3S. The second-order valence-electron chi connectivity index (χ2n) is 5.68. The van der Waals surface area contributed by atoms with Crippen LogP contribution in [0.3, 0.4) is 0 Å². The van der Waals surface area contributed by atoms with Gasteiger partial charge in [0, 0.05) is 15.0 Å². The van der Waals surface area contributed by atoms with Crippen LogP contribution in [-0.2, 0) is 9.59 Å². The molecule has 0 aliphatic carbocycles. The minimum absolute atomic E-state index is 0.212. The number of rotatable bonds is 5. The zero-order valence-corrected chi connectivity index (χ0v) is 17.3. The van der Waals surface area contributed by atoms with Gasteiger partial charge in [-0.3, -0.25) is 14.4 Å². The van der Waals surface area contributed by atoms with E-state index >= 15 is 0 Å². The van der Waals surface area contributed by atoms with Gasteiger partial charge >= 0.3 is 11.8 Å². The van der Waals surface area contributed by atoms with E-state index in [9.17, 15) is 14.4 Å². The Labute approximate surface area is 179 Å². The van der Waals surface area contributed by atoms with Gasteiger partial charge in [0.15, 0.2) is 0 Å². The van der Waals surface area contributed by atoms with E-state index in [2.05, 4.69) is 37.1 Å². The Bertz CT molecular complexity index is 1050. The highest BCUT2D eigenvalue weighted by Crippen LogP contribution is 2.19. The number of carbonyl (C=O) groups excluding carboxylic acids is 3. The molecule has 0 atom stereocenters. The third-order valence-electron chi connectivity index (χ3n) is 3.63. The predicted octanol–water partition coefficient (Wildman–Crippen LogP) is 3.85. The Kier molecular flexibility index (Phi) is 6.88. The molecule has 3 aromatic rings. The van der Waals surface area contributed by atoms with Crippen LogP contribution in [-0.4, -0.2) is 23.9 Å². The van der Waals surface area contributed by atoms with Crippen molar-refractivity contribution in [3.63, 3.8) is 0 Å². The summed E-state index contributed by atoms with van der Waals surface area (Å²) >= 11 is 4.77. The second kappa shape index (κ2) is 9.76. The molecule has 0 aliphatic rings. The predicted molar refractivity (Wildman–Crippen MR) is 117 cm³/mol. The number of nitrogens with zero attached hydrogens (tertiary/aromatic N) is 1. The standard InChI is InChI=1S/C20H15BrN4O3S/c21-13-7-9-14(10-8-13)23-18(26)16-5-1-2-6-17(16)24-19(27)20(28)25-22-12-15-4-3-11-29-15/h1-12H,(H,23,26)(H,24,27)(H,25,28)/b22-12+. The molecule has 1 aromatic heterocycles. The van der Waals surface area contributed by atoms with E-state index in [0.29, 0.717) is 5.69 Å². The van der Waals surface area contributed by atoms with Crippen molar-refractivity contribution in [1.29, 1.82) is 0 Å². The van der Waals surface area contributed by atoms with Crippen molar-refractivity contribution < 1.29 is 14.4 Å². The van der Waals surface area contributed by atoms with Gasteiger partial charge in [0.2, 0.25) is 0 Å². The highest BCUT2D eigenvalue weighted by molar-refractivity contribution is 9.10. The molecule has 0 saturated heterocycles. The molecule has 0 spiro atoms. The van der Waals surface area contributed by atoms with E-state index in [1.807, 2.05) is 17.5 Å². The fourth-order valence-electron chi connectivity index (χ4n) is 2.27. The van der Waals surface area contributed by atoms with E-state index < -0.39 is 17.7 Å². The fourth-order valence-corrected chi connectivity index (χ4v) is 3.12. The summed E-state index contributed by atoms with van der Waals surface area (Å²) in [6.45, 7) is 0. The number of anilines is 2. The number of amides is 3. The lowest BCUT2D eigenvalue weighted by Gasteiger charge is -2.11. The molecule has 146 valence electrons. The molecule has 2 aromatic carbocycles. The molecule has 0 aliphatic heterocycles. The van der Waals surface area contributed by atoms with Crippen molar-refractivity contribution in [3.8, 4) is 0 Å². The lowest BCUT2D eigenvalue weighted by atomic mass is 10.1. The van der Waals surface area contributed by atoms with Crippen molar-refractivity contribution in [3.05, 3.63) is 81.0 Å². The van der Waals surface area contributed by atoms with E-state index in [1.54, 1.807) is 42.5 Å². The molecule has 29 heavy (non-hydrogen) atoms. The van der Waals surface area contributed by atoms with Gasteiger partial charge in [-0.05, 0) is 47.8 Å². The molecule has 0 fully saturated rings. The first-order valence-electron chi connectivity index (χ1n) is 8.37. The summed E-state index contributed by atoms with van der Waals surface area (Å²) in [5.41, 5.74) is 3.19. The number of thiophene rings is 1. The lowest BCUT2D eigenvalue weighted by Crippen LogP contribution is -2.33. The normalized spacial score (nSPS) is 10.5. The lowest BCUT2D eigenvalue weighted by molar-refractivity contribution is -0.136. The average Bonchev–Trinajstić information content (AvgIpc) is 3.23. The molecule has 0 saturated carbocycles. The Morgan fingerprint density at radius 1 is 0.897 bits per heavy atom. The molecule has 0 bridgehead atoms. The van der Waals surface area contributed by atoms with Crippen molar-refractivity contribution in [2.24, 2.45) is 5.10 Å². The molecule has 3 amide bonds. The molecule has 0 radical (unpaired) electrons. The van der Waals surface area contributed by atoms with Gasteiger partial charge in [-0.1, -0.05) is 34.1 Å². The highest BCUT2D eigenvalue weighted by Gasteiger charge is 2.17. The monoisotopic (exact) mass is 470 g/mol. The maximum Gasteiger partial charge on any atom is 0.329 e. The molecule has 0 unspecified atom stereocenters. The van der Waals surface area contributed by atoms with Crippen molar-refractivity contribution >= 4 is 62.6 Å². The molecule has 3 N–H and O–H groups in total. The van der Waals surface area contributed by atoms with E-state index in [4.69, 9.17) is 0 Å². The fraction of sp³-hybridized carbons (Fsp3) is 0. The maximum atomic E-state index is 12.6. The topological polar surface area (TPSA) is 99.7 Å². The zero-order valence-electron chi connectivity index (χ0n) is 14.9. The summed E-state index contributed by atoms with van der Waals surface area (Å²) in [5.74, 6) is -2.29.